The van der Waals surface area contributed by atoms with Gasteiger partial charge in [0.15, 0.2) is 0 Å². The van der Waals surface area contributed by atoms with E-state index in [0.29, 0.717) is 0 Å². The molecule has 0 aliphatic carbocycles. The van der Waals surface area contributed by atoms with Crippen molar-refractivity contribution in [2.24, 2.45) is 5.92 Å². The molecule has 1 aliphatic rings. The summed E-state index contributed by atoms with van der Waals surface area (Å²) < 4.78 is 5.20. The minimum Gasteiger partial charge on any atom is -0.369 e. The molecule has 0 aromatic carbocycles. The molecule has 0 saturated carbocycles. The second-order valence-corrected chi connectivity index (χ2v) is 4.36. The van der Waals surface area contributed by atoms with E-state index < -0.39 is 0 Å². The highest BCUT2D eigenvalue weighted by molar-refractivity contribution is 5.77. The zero-order chi connectivity index (χ0) is 11.1. The van der Waals surface area contributed by atoms with Crippen LogP contribution in [-0.2, 0) is 9.53 Å². The zero-order valence-corrected chi connectivity index (χ0v) is 9.71. The molecule has 1 fully saturated rings. The molecule has 0 spiro atoms. The van der Waals surface area contributed by atoms with Crippen molar-refractivity contribution in [3.63, 3.8) is 0 Å². The lowest BCUT2D eigenvalue weighted by Gasteiger charge is -2.10. The maximum absolute atomic E-state index is 11.3. The Balaban J connectivity index is 1.96. The Bertz CT molecular complexity index is 189. The van der Waals surface area contributed by atoms with E-state index in [9.17, 15) is 4.79 Å². The van der Waals surface area contributed by atoms with Gasteiger partial charge in [0.05, 0.1) is 6.10 Å². The molecule has 2 N–H and O–H groups in total. The summed E-state index contributed by atoms with van der Waals surface area (Å²) in [4.78, 5) is 11.3. The Labute approximate surface area is 91.8 Å². The third-order valence-electron chi connectivity index (χ3n) is 2.58. The van der Waals surface area contributed by atoms with Gasteiger partial charge in [-0.25, -0.2) is 0 Å². The summed E-state index contributed by atoms with van der Waals surface area (Å²) in [5.74, 6) is 0.728. The topological polar surface area (TPSA) is 50.4 Å². The van der Waals surface area contributed by atoms with Crippen LogP contribution in [0.25, 0.3) is 0 Å². The predicted octanol–water partition coefficient (Wildman–Crippen LogP) is 0.527. The quantitative estimate of drug-likeness (QED) is 0.678. The van der Waals surface area contributed by atoms with Gasteiger partial charge in [-0.15, -0.1) is 0 Å². The lowest BCUT2D eigenvalue weighted by Crippen LogP contribution is -2.30. The first-order valence-corrected chi connectivity index (χ1v) is 5.77. The fourth-order valence-corrected chi connectivity index (χ4v) is 1.67. The summed E-state index contributed by atoms with van der Waals surface area (Å²) in [6, 6.07) is 0. The number of rotatable bonds is 6. The van der Waals surface area contributed by atoms with Crippen LogP contribution in [0.2, 0.25) is 0 Å². The van der Waals surface area contributed by atoms with Crippen molar-refractivity contribution in [2.75, 3.05) is 26.2 Å². The molecule has 1 amide bonds. The molecule has 1 saturated heterocycles. The summed E-state index contributed by atoms with van der Waals surface area (Å²) in [5, 5.41) is 6.19. The molecule has 1 aliphatic heterocycles. The molecule has 88 valence electrons. The number of carbonyl (C=O) groups is 1. The van der Waals surface area contributed by atoms with Crippen molar-refractivity contribution >= 4 is 5.91 Å². The minimum atomic E-state index is -0.00495. The predicted molar refractivity (Wildman–Crippen MR) is 59.7 cm³/mol. The van der Waals surface area contributed by atoms with Crippen LogP contribution in [0.15, 0.2) is 0 Å². The van der Waals surface area contributed by atoms with Crippen LogP contribution in [0, 0.1) is 5.92 Å². The Kier molecular flexibility index (Phi) is 5.65. The molecule has 1 atom stereocenters. The van der Waals surface area contributed by atoms with Gasteiger partial charge in [0, 0.05) is 6.54 Å². The molecule has 1 unspecified atom stereocenters. The summed E-state index contributed by atoms with van der Waals surface area (Å²) in [6.45, 7) is 7.02. The van der Waals surface area contributed by atoms with E-state index in [1.54, 1.807) is 0 Å². The van der Waals surface area contributed by atoms with Crippen LogP contribution in [0.4, 0.5) is 0 Å². The van der Waals surface area contributed by atoms with E-state index in [1.807, 2.05) is 13.8 Å². The van der Waals surface area contributed by atoms with E-state index in [0.717, 1.165) is 32.0 Å². The molecule has 0 aromatic rings. The zero-order valence-electron chi connectivity index (χ0n) is 9.71. The number of hydrogen-bond acceptors (Lipinski definition) is 3. The van der Waals surface area contributed by atoms with E-state index in [-0.39, 0.29) is 18.6 Å². The third kappa shape index (κ3) is 5.74. The summed E-state index contributed by atoms with van der Waals surface area (Å²) in [6.07, 6.45) is 2.42. The number of nitrogens with one attached hydrogen (secondary N) is 2. The SMILES string of the molecule is CC(C)OCC(=O)NCCC1CCNC1. The number of hydrogen-bond donors (Lipinski definition) is 2. The van der Waals surface area contributed by atoms with Gasteiger partial charge in [0.25, 0.3) is 0 Å². The second kappa shape index (κ2) is 6.80. The molecular formula is C11H22N2O2. The molecule has 0 radical (unpaired) electrons. The van der Waals surface area contributed by atoms with Crippen molar-refractivity contribution in [3.8, 4) is 0 Å². The van der Waals surface area contributed by atoms with E-state index >= 15 is 0 Å². The van der Waals surface area contributed by atoms with E-state index in [2.05, 4.69) is 10.6 Å². The van der Waals surface area contributed by atoms with Crippen LogP contribution >= 0.6 is 0 Å². The molecule has 15 heavy (non-hydrogen) atoms. The number of ether oxygens (including phenoxy) is 1. The van der Waals surface area contributed by atoms with Crippen molar-refractivity contribution in [3.05, 3.63) is 0 Å². The first-order chi connectivity index (χ1) is 7.18. The van der Waals surface area contributed by atoms with Gasteiger partial charge in [-0.05, 0) is 45.7 Å². The Morgan fingerprint density at radius 3 is 3.00 bits per heavy atom. The fourth-order valence-electron chi connectivity index (χ4n) is 1.67. The smallest absolute Gasteiger partial charge is 0.246 e. The average molecular weight is 214 g/mol. The summed E-state index contributed by atoms with van der Waals surface area (Å²) in [7, 11) is 0. The van der Waals surface area contributed by atoms with Crippen LogP contribution in [-0.4, -0.2) is 38.3 Å². The van der Waals surface area contributed by atoms with Gasteiger partial charge in [0.2, 0.25) is 5.91 Å². The van der Waals surface area contributed by atoms with E-state index in [4.69, 9.17) is 4.74 Å². The van der Waals surface area contributed by atoms with Gasteiger partial charge >= 0.3 is 0 Å². The molecule has 0 bridgehead atoms. The average Bonchev–Trinajstić information content (AvgIpc) is 2.67. The highest BCUT2D eigenvalue weighted by atomic mass is 16.5. The Morgan fingerprint density at radius 1 is 1.60 bits per heavy atom. The van der Waals surface area contributed by atoms with Gasteiger partial charge in [0.1, 0.15) is 6.61 Å². The Hall–Kier alpha value is -0.610. The van der Waals surface area contributed by atoms with Crippen molar-refractivity contribution in [1.82, 2.24) is 10.6 Å². The van der Waals surface area contributed by atoms with Crippen LogP contribution in [0.3, 0.4) is 0 Å². The van der Waals surface area contributed by atoms with Crippen LogP contribution < -0.4 is 10.6 Å². The van der Waals surface area contributed by atoms with Gasteiger partial charge in [-0.2, -0.15) is 0 Å². The molecule has 1 rings (SSSR count). The number of amides is 1. The van der Waals surface area contributed by atoms with Gasteiger partial charge in [-0.1, -0.05) is 0 Å². The van der Waals surface area contributed by atoms with Crippen molar-refractivity contribution in [2.45, 2.75) is 32.8 Å². The summed E-state index contributed by atoms with van der Waals surface area (Å²) >= 11 is 0. The molecular weight excluding hydrogens is 192 g/mol. The largest absolute Gasteiger partial charge is 0.369 e. The first kappa shape index (κ1) is 12.5. The highest BCUT2D eigenvalue weighted by Gasteiger charge is 2.13. The van der Waals surface area contributed by atoms with Crippen LogP contribution in [0.5, 0.6) is 0 Å². The Morgan fingerprint density at radius 2 is 2.40 bits per heavy atom. The standard InChI is InChI=1S/C11H22N2O2/c1-9(2)15-8-11(14)13-6-4-10-3-5-12-7-10/h9-10,12H,3-8H2,1-2H3,(H,13,14). The van der Waals surface area contributed by atoms with Crippen molar-refractivity contribution < 1.29 is 9.53 Å². The lowest BCUT2D eigenvalue weighted by molar-refractivity contribution is -0.127. The highest BCUT2D eigenvalue weighted by Crippen LogP contribution is 2.10. The second-order valence-electron chi connectivity index (χ2n) is 4.36. The molecule has 4 heteroatoms. The molecule has 1 heterocycles. The maximum Gasteiger partial charge on any atom is 0.246 e. The van der Waals surface area contributed by atoms with Gasteiger partial charge in [-0.3, -0.25) is 4.79 Å². The minimum absolute atomic E-state index is 0.00495. The van der Waals surface area contributed by atoms with E-state index in [1.165, 1.54) is 6.42 Å². The monoisotopic (exact) mass is 214 g/mol. The first-order valence-electron chi connectivity index (χ1n) is 5.77. The lowest BCUT2D eigenvalue weighted by atomic mass is 10.1. The van der Waals surface area contributed by atoms with Gasteiger partial charge < -0.3 is 15.4 Å². The third-order valence-corrected chi connectivity index (χ3v) is 2.58. The molecule has 0 aromatic heterocycles. The number of carbonyl (C=O) groups excluding carboxylic acids is 1. The van der Waals surface area contributed by atoms with Crippen LogP contribution in [0.1, 0.15) is 26.7 Å². The summed E-state index contributed by atoms with van der Waals surface area (Å²) in [5.41, 5.74) is 0. The normalized spacial score (nSPS) is 20.9. The van der Waals surface area contributed by atoms with Crippen molar-refractivity contribution in [1.29, 1.82) is 0 Å². The maximum atomic E-state index is 11.3. The molecule has 4 nitrogen and oxygen atoms in total. The fraction of sp³-hybridized carbons (Fsp3) is 0.909.